The van der Waals surface area contributed by atoms with Crippen LogP contribution >= 0.6 is 0 Å². The maximum atomic E-state index is 12.4. The van der Waals surface area contributed by atoms with E-state index in [1.54, 1.807) is 0 Å². The standard InChI is InChI=1S/C18H26N2O5/c1-12-5-6-13(2)16(11-12)25-10-7-17(22)20(14(3)18(23)24)9-8-19-15(4)21/h5-6,11,14H,7-10H2,1-4H3,(H,19,21)(H,23,24). The molecule has 7 nitrogen and oxygen atoms in total. The third-order valence-electron chi connectivity index (χ3n) is 3.79. The van der Waals surface area contributed by atoms with E-state index >= 15 is 0 Å². The van der Waals surface area contributed by atoms with Crippen LogP contribution in [0.15, 0.2) is 18.2 Å². The maximum absolute atomic E-state index is 12.4. The summed E-state index contributed by atoms with van der Waals surface area (Å²) in [6.07, 6.45) is 0.0606. The number of carboxylic acid groups (broad SMARTS) is 1. The first-order valence-corrected chi connectivity index (χ1v) is 8.19. The highest BCUT2D eigenvalue weighted by atomic mass is 16.5. The molecule has 7 heteroatoms. The molecule has 0 heterocycles. The molecular formula is C18H26N2O5. The molecule has 1 aromatic carbocycles. The van der Waals surface area contributed by atoms with Crippen LogP contribution in [0.4, 0.5) is 0 Å². The van der Waals surface area contributed by atoms with Crippen molar-refractivity contribution >= 4 is 17.8 Å². The summed E-state index contributed by atoms with van der Waals surface area (Å²) in [6.45, 7) is 7.18. The van der Waals surface area contributed by atoms with E-state index in [-0.39, 0.29) is 37.9 Å². The second-order valence-corrected chi connectivity index (χ2v) is 5.95. The number of ether oxygens (including phenoxy) is 1. The molecule has 1 aromatic rings. The Morgan fingerprint density at radius 2 is 1.96 bits per heavy atom. The van der Waals surface area contributed by atoms with Gasteiger partial charge in [0.1, 0.15) is 11.8 Å². The fourth-order valence-electron chi connectivity index (χ4n) is 2.27. The van der Waals surface area contributed by atoms with Gasteiger partial charge in [-0.1, -0.05) is 12.1 Å². The predicted molar refractivity (Wildman–Crippen MR) is 93.5 cm³/mol. The van der Waals surface area contributed by atoms with Crippen molar-refractivity contribution in [2.75, 3.05) is 19.7 Å². The number of rotatable bonds is 9. The van der Waals surface area contributed by atoms with E-state index in [1.165, 1.54) is 18.7 Å². The molecule has 0 saturated carbocycles. The average Bonchev–Trinajstić information content (AvgIpc) is 2.53. The highest BCUT2D eigenvalue weighted by Gasteiger charge is 2.25. The van der Waals surface area contributed by atoms with Crippen LogP contribution in [-0.2, 0) is 14.4 Å². The summed E-state index contributed by atoms with van der Waals surface area (Å²) >= 11 is 0. The van der Waals surface area contributed by atoms with Crippen LogP contribution in [0.2, 0.25) is 0 Å². The highest BCUT2D eigenvalue weighted by Crippen LogP contribution is 2.19. The topological polar surface area (TPSA) is 95.9 Å². The van der Waals surface area contributed by atoms with E-state index in [2.05, 4.69) is 5.32 Å². The third kappa shape index (κ3) is 6.82. The molecule has 0 bridgehead atoms. The summed E-state index contributed by atoms with van der Waals surface area (Å²) in [5.41, 5.74) is 2.03. The van der Waals surface area contributed by atoms with Crippen molar-refractivity contribution in [1.29, 1.82) is 0 Å². The Morgan fingerprint density at radius 1 is 1.28 bits per heavy atom. The Morgan fingerprint density at radius 3 is 2.56 bits per heavy atom. The molecular weight excluding hydrogens is 324 g/mol. The third-order valence-corrected chi connectivity index (χ3v) is 3.79. The quantitative estimate of drug-likeness (QED) is 0.704. The normalized spacial score (nSPS) is 11.5. The molecule has 0 aliphatic heterocycles. The minimum Gasteiger partial charge on any atom is -0.493 e. The fraction of sp³-hybridized carbons (Fsp3) is 0.500. The van der Waals surface area contributed by atoms with Gasteiger partial charge < -0.3 is 20.1 Å². The first kappa shape index (κ1) is 20.5. The molecule has 0 spiro atoms. The van der Waals surface area contributed by atoms with E-state index in [9.17, 15) is 14.4 Å². The van der Waals surface area contributed by atoms with Crippen LogP contribution in [0, 0.1) is 13.8 Å². The largest absolute Gasteiger partial charge is 0.493 e. The fourth-order valence-corrected chi connectivity index (χ4v) is 2.27. The molecule has 0 saturated heterocycles. The lowest BCUT2D eigenvalue weighted by Gasteiger charge is -2.26. The summed E-state index contributed by atoms with van der Waals surface area (Å²) in [6, 6.07) is 4.85. The summed E-state index contributed by atoms with van der Waals surface area (Å²) in [4.78, 5) is 35.8. The Bertz CT molecular complexity index is 630. The van der Waals surface area contributed by atoms with Crippen molar-refractivity contribution in [3.8, 4) is 5.75 Å². The number of carbonyl (C=O) groups is 3. The molecule has 1 rings (SSSR count). The van der Waals surface area contributed by atoms with E-state index < -0.39 is 12.0 Å². The van der Waals surface area contributed by atoms with Gasteiger partial charge in [-0.25, -0.2) is 4.79 Å². The summed E-state index contributed by atoms with van der Waals surface area (Å²) in [7, 11) is 0. The summed E-state index contributed by atoms with van der Waals surface area (Å²) in [5.74, 6) is -0.935. The second kappa shape index (κ2) is 9.66. The molecule has 0 aliphatic carbocycles. The average molecular weight is 350 g/mol. The van der Waals surface area contributed by atoms with E-state index in [0.717, 1.165) is 11.1 Å². The highest BCUT2D eigenvalue weighted by molar-refractivity contribution is 5.83. The molecule has 2 amide bonds. The number of carbonyl (C=O) groups excluding carboxylic acids is 2. The molecule has 2 N–H and O–H groups in total. The van der Waals surface area contributed by atoms with Gasteiger partial charge in [-0.05, 0) is 38.0 Å². The molecule has 0 radical (unpaired) electrons. The molecule has 138 valence electrons. The van der Waals surface area contributed by atoms with Crippen LogP contribution in [0.1, 0.15) is 31.4 Å². The summed E-state index contributed by atoms with van der Waals surface area (Å²) < 4.78 is 5.66. The number of aliphatic carboxylic acids is 1. The zero-order chi connectivity index (χ0) is 19.0. The van der Waals surface area contributed by atoms with Crippen molar-refractivity contribution in [2.24, 2.45) is 0 Å². The van der Waals surface area contributed by atoms with Crippen LogP contribution in [0.25, 0.3) is 0 Å². The lowest BCUT2D eigenvalue weighted by Crippen LogP contribution is -2.47. The molecule has 0 fully saturated rings. The van der Waals surface area contributed by atoms with Crippen molar-refractivity contribution in [2.45, 2.75) is 40.2 Å². The smallest absolute Gasteiger partial charge is 0.326 e. The van der Waals surface area contributed by atoms with Gasteiger partial charge in [-0.15, -0.1) is 0 Å². The molecule has 1 atom stereocenters. The SMILES string of the molecule is CC(=O)NCCN(C(=O)CCOc1cc(C)ccc1C)C(C)C(=O)O. The Labute approximate surface area is 148 Å². The Balaban J connectivity index is 2.62. The molecule has 0 aliphatic rings. The first-order chi connectivity index (χ1) is 11.7. The lowest BCUT2D eigenvalue weighted by atomic mass is 10.1. The van der Waals surface area contributed by atoms with Gasteiger partial charge in [0.05, 0.1) is 13.0 Å². The van der Waals surface area contributed by atoms with Crippen molar-refractivity contribution in [3.63, 3.8) is 0 Å². The van der Waals surface area contributed by atoms with E-state index in [0.29, 0.717) is 5.75 Å². The van der Waals surface area contributed by atoms with Crippen LogP contribution < -0.4 is 10.1 Å². The minimum atomic E-state index is -1.09. The van der Waals surface area contributed by atoms with Crippen LogP contribution in [0.3, 0.4) is 0 Å². The van der Waals surface area contributed by atoms with Gasteiger partial charge in [0.2, 0.25) is 11.8 Å². The second-order valence-electron chi connectivity index (χ2n) is 5.95. The monoisotopic (exact) mass is 350 g/mol. The lowest BCUT2D eigenvalue weighted by molar-refractivity contribution is -0.149. The number of amides is 2. The van der Waals surface area contributed by atoms with Crippen LogP contribution in [-0.4, -0.2) is 53.5 Å². The van der Waals surface area contributed by atoms with Gasteiger partial charge in [0.15, 0.2) is 0 Å². The number of benzene rings is 1. The van der Waals surface area contributed by atoms with Crippen molar-refractivity contribution < 1.29 is 24.2 Å². The van der Waals surface area contributed by atoms with E-state index in [4.69, 9.17) is 9.84 Å². The molecule has 1 unspecified atom stereocenters. The molecule has 25 heavy (non-hydrogen) atoms. The van der Waals surface area contributed by atoms with E-state index in [1.807, 2.05) is 32.0 Å². The zero-order valence-electron chi connectivity index (χ0n) is 15.2. The first-order valence-electron chi connectivity index (χ1n) is 8.19. The maximum Gasteiger partial charge on any atom is 0.326 e. The number of hydrogen-bond donors (Lipinski definition) is 2. The molecule has 0 aromatic heterocycles. The van der Waals surface area contributed by atoms with Gasteiger partial charge in [0.25, 0.3) is 0 Å². The zero-order valence-corrected chi connectivity index (χ0v) is 15.2. The number of aryl methyl sites for hydroxylation is 2. The van der Waals surface area contributed by atoms with Crippen LogP contribution in [0.5, 0.6) is 5.75 Å². The summed E-state index contributed by atoms with van der Waals surface area (Å²) in [5, 5.41) is 11.7. The van der Waals surface area contributed by atoms with Gasteiger partial charge in [-0.3, -0.25) is 9.59 Å². The van der Waals surface area contributed by atoms with Crippen molar-refractivity contribution in [1.82, 2.24) is 10.2 Å². The van der Waals surface area contributed by atoms with Gasteiger partial charge >= 0.3 is 5.97 Å². The Hall–Kier alpha value is -2.57. The van der Waals surface area contributed by atoms with Gasteiger partial charge in [0, 0.05) is 20.0 Å². The Kier molecular flexibility index (Phi) is 7.91. The van der Waals surface area contributed by atoms with Crippen molar-refractivity contribution in [3.05, 3.63) is 29.3 Å². The number of carboxylic acids is 1. The number of nitrogens with zero attached hydrogens (tertiary/aromatic N) is 1. The minimum absolute atomic E-state index is 0.0606. The van der Waals surface area contributed by atoms with Gasteiger partial charge in [-0.2, -0.15) is 0 Å². The number of hydrogen-bond acceptors (Lipinski definition) is 4. The number of nitrogens with one attached hydrogen (secondary N) is 1. The predicted octanol–water partition coefficient (Wildman–Crippen LogP) is 1.51.